The molecular formula is C8H11NO. The molecule has 2 aliphatic carbocycles. The van der Waals surface area contributed by atoms with Crippen LogP contribution < -0.4 is 0 Å². The van der Waals surface area contributed by atoms with E-state index < -0.39 is 0 Å². The van der Waals surface area contributed by atoms with E-state index in [1.54, 1.807) is 0 Å². The zero-order chi connectivity index (χ0) is 6.72. The molecule has 0 amide bonds. The van der Waals surface area contributed by atoms with E-state index in [-0.39, 0.29) is 0 Å². The smallest absolute Gasteiger partial charge is 0.184 e. The average Bonchev–Trinajstić information content (AvgIpc) is 2.44. The summed E-state index contributed by atoms with van der Waals surface area (Å²) in [5.74, 6) is 2.78. The van der Waals surface area contributed by atoms with Gasteiger partial charge in [0.15, 0.2) is 5.90 Å². The highest BCUT2D eigenvalue weighted by atomic mass is 16.5. The molecule has 1 saturated heterocycles. The van der Waals surface area contributed by atoms with Gasteiger partial charge in [0, 0.05) is 11.8 Å². The highest BCUT2D eigenvalue weighted by molar-refractivity contribution is 5.79. The zero-order valence-electron chi connectivity index (χ0n) is 5.84. The van der Waals surface area contributed by atoms with Crippen LogP contribution in [0.25, 0.3) is 0 Å². The van der Waals surface area contributed by atoms with Gasteiger partial charge in [-0.1, -0.05) is 0 Å². The molecule has 2 bridgehead atoms. The van der Waals surface area contributed by atoms with Gasteiger partial charge in [0.05, 0.1) is 0 Å². The number of ether oxygens (including phenoxy) is 1. The minimum atomic E-state index is 0.455. The second-order valence-corrected chi connectivity index (χ2v) is 3.86. The van der Waals surface area contributed by atoms with Crippen LogP contribution in [0.5, 0.6) is 0 Å². The van der Waals surface area contributed by atoms with E-state index in [4.69, 9.17) is 10.1 Å². The highest BCUT2D eigenvalue weighted by Crippen LogP contribution is 2.54. The van der Waals surface area contributed by atoms with Gasteiger partial charge in [-0.25, -0.2) is 0 Å². The maximum atomic E-state index is 7.51. The molecule has 3 aliphatic rings. The molecular weight excluding hydrogens is 126 g/mol. The number of hydrogen-bond acceptors (Lipinski definition) is 2. The van der Waals surface area contributed by atoms with E-state index >= 15 is 0 Å². The normalized spacial score (nSPS) is 55.8. The fourth-order valence-corrected chi connectivity index (χ4v) is 2.97. The number of nitrogens with one attached hydrogen (secondary N) is 1. The van der Waals surface area contributed by atoms with Crippen molar-refractivity contribution in [2.24, 2.45) is 17.8 Å². The van der Waals surface area contributed by atoms with Crippen molar-refractivity contribution >= 4 is 5.90 Å². The van der Waals surface area contributed by atoms with Gasteiger partial charge in [0.1, 0.15) is 6.10 Å². The predicted octanol–water partition coefficient (Wildman–Crippen LogP) is 1.41. The van der Waals surface area contributed by atoms with Gasteiger partial charge in [0.25, 0.3) is 0 Å². The first kappa shape index (κ1) is 5.16. The predicted molar refractivity (Wildman–Crippen MR) is 36.9 cm³/mol. The lowest BCUT2D eigenvalue weighted by molar-refractivity contribution is 0.178. The summed E-state index contributed by atoms with van der Waals surface area (Å²) in [6.45, 7) is 0. The van der Waals surface area contributed by atoms with E-state index in [1.807, 2.05) is 0 Å². The molecule has 2 saturated carbocycles. The summed E-state index contributed by atoms with van der Waals surface area (Å²) in [5.41, 5.74) is 0. The van der Waals surface area contributed by atoms with Crippen LogP contribution in [0.4, 0.5) is 0 Å². The van der Waals surface area contributed by atoms with Crippen LogP contribution in [0.2, 0.25) is 0 Å². The largest absolute Gasteiger partial charge is 0.477 e. The molecule has 4 unspecified atom stereocenters. The third kappa shape index (κ3) is 0.414. The SMILES string of the molecule is N=C1OC2CC3CC1C2C3. The molecule has 2 nitrogen and oxygen atoms in total. The second-order valence-electron chi connectivity index (χ2n) is 3.86. The molecule has 2 heteroatoms. The Morgan fingerprint density at radius 3 is 2.80 bits per heavy atom. The lowest BCUT2D eigenvalue weighted by Gasteiger charge is -2.12. The quantitative estimate of drug-likeness (QED) is 0.538. The van der Waals surface area contributed by atoms with Crippen LogP contribution in [0, 0.1) is 23.2 Å². The van der Waals surface area contributed by atoms with Crippen LogP contribution in [-0.4, -0.2) is 12.0 Å². The van der Waals surface area contributed by atoms with Gasteiger partial charge in [0.2, 0.25) is 0 Å². The van der Waals surface area contributed by atoms with Gasteiger partial charge in [-0.3, -0.25) is 5.41 Å². The van der Waals surface area contributed by atoms with Crippen molar-refractivity contribution < 1.29 is 4.74 Å². The second kappa shape index (κ2) is 1.39. The molecule has 4 atom stereocenters. The van der Waals surface area contributed by atoms with Crippen molar-refractivity contribution in [3.63, 3.8) is 0 Å². The first-order valence-electron chi connectivity index (χ1n) is 4.09. The molecule has 1 N–H and O–H groups in total. The summed E-state index contributed by atoms with van der Waals surface area (Å²) < 4.78 is 5.42. The summed E-state index contributed by atoms with van der Waals surface area (Å²) in [4.78, 5) is 0. The molecule has 0 spiro atoms. The van der Waals surface area contributed by atoms with Gasteiger partial charge >= 0.3 is 0 Å². The summed E-state index contributed by atoms with van der Waals surface area (Å²) in [5, 5.41) is 7.51. The molecule has 54 valence electrons. The van der Waals surface area contributed by atoms with E-state index in [1.165, 1.54) is 19.3 Å². The van der Waals surface area contributed by atoms with Crippen molar-refractivity contribution in [1.82, 2.24) is 0 Å². The van der Waals surface area contributed by atoms with Gasteiger partial charge < -0.3 is 4.74 Å². The zero-order valence-corrected chi connectivity index (χ0v) is 5.84. The van der Waals surface area contributed by atoms with Gasteiger partial charge in [-0.15, -0.1) is 0 Å². The molecule has 3 fully saturated rings. The molecule has 1 heterocycles. The van der Waals surface area contributed by atoms with E-state index in [9.17, 15) is 0 Å². The summed E-state index contributed by atoms with van der Waals surface area (Å²) in [6, 6.07) is 0. The van der Waals surface area contributed by atoms with E-state index in [0.717, 1.165) is 11.8 Å². The molecule has 0 aromatic carbocycles. The van der Waals surface area contributed by atoms with E-state index in [0.29, 0.717) is 17.9 Å². The lowest BCUT2D eigenvalue weighted by Crippen LogP contribution is -2.15. The molecule has 0 aromatic rings. The lowest BCUT2D eigenvalue weighted by atomic mass is 9.90. The van der Waals surface area contributed by atoms with Crippen LogP contribution in [0.1, 0.15) is 19.3 Å². The number of fused-ring (bicyclic) bond motifs is 1. The fraction of sp³-hybridized carbons (Fsp3) is 0.875. The molecule has 0 aromatic heterocycles. The van der Waals surface area contributed by atoms with Crippen molar-refractivity contribution in [2.45, 2.75) is 25.4 Å². The van der Waals surface area contributed by atoms with Crippen LogP contribution in [-0.2, 0) is 4.74 Å². The Balaban J connectivity index is 2.05. The Labute approximate surface area is 60.1 Å². The highest BCUT2D eigenvalue weighted by Gasteiger charge is 2.54. The standard InChI is InChI=1S/C8H11NO/c9-8-6-2-4-1-5(6)7(3-4)10-8/h4-7,9H,1-3H2. The topological polar surface area (TPSA) is 33.1 Å². The van der Waals surface area contributed by atoms with Crippen molar-refractivity contribution in [1.29, 1.82) is 5.41 Å². The van der Waals surface area contributed by atoms with Crippen LogP contribution in [0.15, 0.2) is 0 Å². The Kier molecular flexibility index (Phi) is 0.715. The monoisotopic (exact) mass is 137 g/mol. The molecule has 10 heavy (non-hydrogen) atoms. The third-order valence-corrected chi connectivity index (χ3v) is 3.37. The van der Waals surface area contributed by atoms with Crippen molar-refractivity contribution in [3.8, 4) is 0 Å². The molecule has 3 rings (SSSR count). The Morgan fingerprint density at radius 2 is 2.20 bits per heavy atom. The first-order valence-corrected chi connectivity index (χ1v) is 4.09. The van der Waals surface area contributed by atoms with E-state index in [2.05, 4.69) is 0 Å². The Bertz CT molecular complexity index is 199. The van der Waals surface area contributed by atoms with Crippen LogP contribution >= 0.6 is 0 Å². The average molecular weight is 137 g/mol. The minimum absolute atomic E-state index is 0.455. The summed E-state index contributed by atoms with van der Waals surface area (Å²) in [6.07, 6.45) is 4.29. The maximum Gasteiger partial charge on any atom is 0.184 e. The Morgan fingerprint density at radius 1 is 1.30 bits per heavy atom. The van der Waals surface area contributed by atoms with Gasteiger partial charge in [-0.2, -0.15) is 0 Å². The maximum absolute atomic E-state index is 7.51. The Hall–Kier alpha value is -0.530. The fourth-order valence-electron chi connectivity index (χ4n) is 2.97. The minimum Gasteiger partial charge on any atom is -0.477 e. The van der Waals surface area contributed by atoms with Crippen LogP contribution in [0.3, 0.4) is 0 Å². The number of hydrogen-bond donors (Lipinski definition) is 1. The summed E-state index contributed by atoms with van der Waals surface area (Å²) in [7, 11) is 0. The third-order valence-electron chi connectivity index (χ3n) is 3.37. The van der Waals surface area contributed by atoms with Gasteiger partial charge in [-0.05, 0) is 25.2 Å². The van der Waals surface area contributed by atoms with Crippen molar-refractivity contribution in [2.75, 3.05) is 0 Å². The first-order chi connectivity index (χ1) is 4.84. The van der Waals surface area contributed by atoms with Crippen molar-refractivity contribution in [3.05, 3.63) is 0 Å². The molecule has 0 radical (unpaired) electrons. The summed E-state index contributed by atoms with van der Waals surface area (Å²) >= 11 is 0. The molecule has 1 aliphatic heterocycles. The number of rotatable bonds is 0.